The molecule has 3 heteroatoms. The van der Waals surface area contributed by atoms with Crippen molar-refractivity contribution < 1.29 is 9.90 Å². The first-order chi connectivity index (χ1) is 4.70. The SMILES string of the molecule is CC[C@@H](CCN)CC(=O)O. The summed E-state index contributed by atoms with van der Waals surface area (Å²) in [5.74, 6) is -0.456. The van der Waals surface area contributed by atoms with Gasteiger partial charge in [0.25, 0.3) is 0 Å². The molecule has 60 valence electrons. The van der Waals surface area contributed by atoms with E-state index < -0.39 is 5.97 Å². The quantitative estimate of drug-likeness (QED) is 0.602. The average molecular weight is 145 g/mol. The first kappa shape index (κ1) is 9.43. The fourth-order valence-electron chi connectivity index (χ4n) is 0.933. The highest BCUT2D eigenvalue weighted by molar-refractivity contribution is 5.66. The minimum absolute atomic E-state index is 0.258. The predicted molar refractivity (Wildman–Crippen MR) is 39.7 cm³/mol. The van der Waals surface area contributed by atoms with Crippen LogP contribution in [0.3, 0.4) is 0 Å². The number of carboxylic acid groups (broad SMARTS) is 1. The summed E-state index contributed by atoms with van der Waals surface area (Å²) >= 11 is 0. The molecule has 0 amide bonds. The molecule has 0 spiro atoms. The monoisotopic (exact) mass is 145 g/mol. The third-order valence-electron chi connectivity index (χ3n) is 1.62. The van der Waals surface area contributed by atoms with Crippen LogP contribution in [0, 0.1) is 5.92 Å². The van der Waals surface area contributed by atoms with Gasteiger partial charge in [-0.15, -0.1) is 0 Å². The predicted octanol–water partition coefficient (Wildman–Crippen LogP) is 0.836. The molecular weight excluding hydrogens is 130 g/mol. The van der Waals surface area contributed by atoms with Crippen LogP contribution in [0.2, 0.25) is 0 Å². The van der Waals surface area contributed by atoms with E-state index in [1.807, 2.05) is 6.92 Å². The van der Waals surface area contributed by atoms with Crippen LogP contribution in [0.15, 0.2) is 0 Å². The number of hydrogen-bond acceptors (Lipinski definition) is 2. The second-order valence-electron chi connectivity index (χ2n) is 2.45. The number of aliphatic carboxylic acids is 1. The average Bonchev–Trinajstić information content (AvgIpc) is 1.86. The molecule has 0 heterocycles. The maximum absolute atomic E-state index is 10.2. The zero-order chi connectivity index (χ0) is 7.98. The summed E-state index contributed by atoms with van der Waals surface area (Å²) in [7, 11) is 0. The Bertz CT molecular complexity index is 104. The molecule has 0 aromatic rings. The molecule has 3 nitrogen and oxygen atoms in total. The molecule has 0 aliphatic heterocycles. The maximum atomic E-state index is 10.2. The molecule has 0 unspecified atom stereocenters. The summed E-state index contributed by atoms with van der Waals surface area (Å²) in [4.78, 5) is 10.2. The second kappa shape index (κ2) is 5.23. The van der Waals surface area contributed by atoms with Crippen molar-refractivity contribution in [1.82, 2.24) is 0 Å². The van der Waals surface area contributed by atoms with Crippen molar-refractivity contribution in [3.8, 4) is 0 Å². The first-order valence-corrected chi connectivity index (χ1v) is 3.62. The highest BCUT2D eigenvalue weighted by atomic mass is 16.4. The molecule has 0 aliphatic carbocycles. The fourth-order valence-corrected chi connectivity index (χ4v) is 0.933. The van der Waals surface area contributed by atoms with Crippen LogP contribution in [-0.4, -0.2) is 17.6 Å². The number of hydrogen-bond donors (Lipinski definition) is 2. The van der Waals surface area contributed by atoms with Crippen LogP contribution in [0.25, 0.3) is 0 Å². The van der Waals surface area contributed by atoms with E-state index in [9.17, 15) is 4.79 Å². The van der Waals surface area contributed by atoms with Crippen LogP contribution in [0.4, 0.5) is 0 Å². The van der Waals surface area contributed by atoms with E-state index >= 15 is 0 Å². The standard InChI is InChI=1S/C7H15NO2/c1-2-6(3-4-8)5-7(9)10/h6H,2-5,8H2,1H3,(H,9,10)/t6-/m0/s1. The topological polar surface area (TPSA) is 63.3 Å². The molecule has 0 aromatic carbocycles. The molecule has 3 N–H and O–H groups in total. The molecule has 0 saturated carbocycles. The van der Waals surface area contributed by atoms with Gasteiger partial charge < -0.3 is 10.8 Å². The van der Waals surface area contributed by atoms with Crippen LogP contribution >= 0.6 is 0 Å². The summed E-state index contributed by atoms with van der Waals surface area (Å²) in [6.45, 7) is 2.58. The molecule has 0 rings (SSSR count). The van der Waals surface area contributed by atoms with Crippen LogP contribution < -0.4 is 5.73 Å². The van der Waals surface area contributed by atoms with Gasteiger partial charge in [-0.1, -0.05) is 13.3 Å². The lowest BCUT2D eigenvalue weighted by Gasteiger charge is -2.08. The van der Waals surface area contributed by atoms with E-state index in [2.05, 4.69) is 0 Å². The normalized spacial score (nSPS) is 13.0. The molecule has 1 atom stereocenters. The van der Waals surface area contributed by atoms with Gasteiger partial charge >= 0.3 is 5.97 Å². The molecule has 0 aliphatic rings. The Morgan fingerprint density at radius 2 is 2.30 bits per heavy atom. The van der Waals surface area contributed by atoms with Crippen molar-refractivity contribution >= 4 is 5.97 Å². The van der Waals surface area contributed by atoms with E-state index in [4.69, 9.17) is 10.8 Å². The van der Waals surface area contributed by atoms with Gasteiger partial charge in [0.1, 0.15) is 0 Å². The van der Waals surface area contributed by atoms with Gasteiger partial charge in [0.05, 0.1) is 0 Å². The minimum atomic E-state index is -0.722. The molecule has 0 aromatic heterocycles. The van der Waals surface area contributed by atoms with E-state index in [1.165, 1.54) is 0 Å². The van der Waals surface area contributed by atoms with Crippen molar-refractivity contribution in [2.24, 2.45) is 11.7 Å². The van der Waals surface area contributed by atoms with Crippen molar-refractivity contribution in [2.45, 2.75) is 26.2 Å². The molecule has 10 heavy (non-hydrogen) atoms. The Kier molecular flexibility index (Phi) is 4.94. The first-order valence-electron chi connectivity index (χ1n) is 3.62. The maximum Gasteiger partial charge on any atom is 0.303 e. The number of nitrogens with two attached hydrogens (primary N) is 1. The zero-order valence-electron chi connectivity index (χ0n) is 6.34. The molecule has 0 fully saturated rings. The molecule has 0 bridgehead atoms. The van der Waals surface area contributed by atoms with Crippen molar-refractivity contribution in [3.05, 3.63) is 0 Å². The lowest BCUT2D eigenvalue weighted by atomic mass is 9.99. The van der Waals surface area contributed by atoms with Crippen molar-refractivity contribution in [1.29, 1.82) is 0 Å². The Labute approximate surface area is 61.2 Å². The summed E-state index contributed by atoms with van der Waals surface area (Å²) in [6.07, 6.45) is 1.99. The van der Waals surface area contributed by atoms with Crippen LogP contribution in [0.1, 0.15) is 26.2 Å². The van der Waals surface area contributed by atoms with E-state index in [-0.39, 0.29) is 12.3 Å². The Hall–Kier alpha value is -0.570. The molecule has 0 saturated heterocycles. The van der Waals surface area contributed by atoms with Crippen LogP contribution in [-0.2, 0) is 4.79 Å². The highest BCUT2D eigenvalue weighted by Crippen LogP contribution is 2.11. The molecular formula is C7H15NO2. The Balaban J connectivity index is 3.49. The summed E-state index contributed by atoms with van der Waals surface area (Å²) in [5.41, 5.74) is 5.29. The third kappa shape index (κ3) is 4.32. The largest absolute Gasteiger partial charge is 0.481 e. The number of carbonyl (C=O) groups is 1. The highest BCUT2D eigenvalue weighted by Gasteiger charge is 2.08. The summed E-state index contributed by atoms with van der Waals surface area (Å²) < 4.78 is 0. The van der Waals surface area contributed by atoms with Gasteiger partial charge in [-0.25, -0.2) is 0 Å². The Morgan fingerprint density at radius 1 is 1.70 bits per heavy atom. The second-order valence-corrected chi connectivity index (χ2v) is 2.45. The molecule has 0 radical (unpaired) electrons. The summed E-state index contributed by atoms with van der Waals surface area (Å²) in [5, 5.41) is 8.40. The van der Waals surface area contributed by atoms with Gasteiger partial charge in [-0.3, -0.25) is 4.79 Å². The van der Waals surface area contributed by atoms with Crippen molar-refractivity contribution in [2.75, 3.05) is 6.54 Å². The summed E-state index contributed by atoms with van der Waals surface area (Å²) in [6, 6.07) is 0. The number of carboxylic acids is 1. The van der Waals surface area contributed by atoms with E-state index in [0.29, 0.717) is 6.54 Å². The van der Waals surface area contributed by atoms with Gasteiger partial charge in [-0.2, -0.15) is 0 Å². The van der Waals surface area contributed by atoms with Gasteiger partial charge in [0.2, 0.25) is 0 Å². The minimum Gasteiger partial charge on any atom is -0.481 e. The van der Waals surface area contributed by atoms with Gasteiger partial charge in [0.15, 0.2) is 0 Å². The Morgan fingerprint density at radius 3 is 2.60 bits per heavy atom. The van der Waals surface area contributed by atoms with Gasteiger partial charge in [-0.05, 0) is 18.9 Å². The third-order valence-corrected chi connectivity index (χ3v) is 1.62. The van der Waals surface area contributed by atoms with Crippen LogP contribution in [0.5, 0.6) is 0 Å². The van der Waals surface area contributed by atoms with E-state index in [0.717, 1.165) is 12.8 Å². The number of rotatable bonds is 5. The lowest BCUT2D eigenvalue weighted by Crippen LogP contribution is -2.11. The smallest absolute Gasteiger partial charge is 0.303 e. The lowest BCUT2D eigenvalue weighted by molar-refractivity contribution is -0.138. The zero-order valence-corrected chi connectivity index (χ0v) is 6.34. The van der Waals surface area contributed by atoms with E-state index in [1.54, 1.807) is 0 Å². The van der Waals surface area contributed by atoms with Gasteiger partial charge in [0, 0.05) is 6.42 Å². The fraction of sp³-hybridized carbons (Fsp3) is 0.857. The van der Waals surface area contributed by atoms with Crippen molar-refractivity contribution in [3.63, 3.8) is 0 Å².